The van der Waals surface area contributed by atoms with Crippen molar-refractivity contribution in [1.82, 2.24) is 0 Å². The molecule has 0 radical (unpaired) electrons. The Bertz CT molecular complexity index is 657. The van der Waals surface area contributed by atoms with Crippen LogP contribution in [0.5, 0.6) is 0 Å². The quantitative estimate of drug-likeness (QED) is 0.456. The largest absolute Gasteiger partial charge is 0.142 e. The van der Waals surface area contributed by atoms with Gasteiger partial charge >= 0.3 is 0 Å². The van der Waals surface area contributed by atoms with Crippen LogP contribution >= 0.6 is 33.8 Å². The molecule has 1 heterocycles. The van der Waals surface area contributed by atoms with E-state index in [1.165, 1.54) is 37.3 Å². The number of benzene rings is 2. The van der Waals surface area contributed by atoms with Crippen LogP contribution in [0.4, 0.5) is 0 Å². The topological polar surface area (TPSA) is 0 Å². The third-order valence-corrected chi connectivity index (χ3v) is 5.24. The summed E-state index contributed by atoms with van der Waals surface area (Å²) in [5.74, 6) is 0. The summed E-state index contributed by atoms with van der Waals surface area (Å²) in [5.41, 5.74) is 3.80. The minimum Gasteiger partial charge on any atom is -0.142 e. The summed E-state index contributed by atoms with van der Waals surface area (Å²) in [6.45, 7) is 0. The highest BCUT2D eigenvalue weighted by Crippen LogP contribution is 2.45. The average molecular weight is 300 g/mol. The lowest BCUT2D eigenvalue weighted by Gasteiger charge is -2.06. The molecule has 0 fully saturated rings. The van der Waals surface area contributed by atoms with Gasteiger partial charge < -0.3 is 0 Å². The summed E-state index contributed by atoms with van der Waals surface area (Å²) in [4.78, 5) is 2.53. The minimum atomic E-state index is 1.22. The van der Waals surface area contributed by atoms with Crippen molar-refractivity contribution in [1.29, 1.82) is 0 Å². The van der Waals surface area contributed by atoms with Crippen LogP contribution in [-0.2, 0) is 0 Å². The van der Waals surface area contributed by atoms with E-state index in [0.717, 1.165) is 0 Å². The molecule has 0 aliphatic rings. The fraction of sp³-hybridized carbons (Fsp3) is 0. The van der Waals surface area contributed by atoms with Crippen LogP contribution in [-0.4, -0.2) is 0 Å². The first-order chi connectivity index (χ1) is 9.40. The second kappa shape index (κ2) is 5.87. The molecular weight excluding hydrogens is 288 g/mol. The number of hydrogen-bond donors (Lipinski definition) is 1. The second-order valence-corrected chi connectivity index (χ2v) is 6.18. The second-order valence-electron chi connectivity index (χ2n) is 4.13. The van der Waals surface area contributed by atoms with Crippen LogP contribution in [0.1, 0.15) is 0 Å². The van der Waals surface area contributed by atoms with Gasteiger partial charge in [-0.05, 0) is 11.1 Å². The van der Waals surface area contributed by atoms with E-state index in [0.29, 0.717) is 0 Å². The molecule has 94 valence electrons. The predicted octanol–water partition coefficient (Wildman–Crippen LogP) is 6.02. The maximum absolute atomic E-state index is 4.38. The molecular formula is C16H12S3. The molecule has 19 heavy (non-hydrogen) atoms. The number of thiophene rings is 1. The fourth-order valence-corrected chi connectivity index (χ4v) is 4.40. The molecule has 3 heteroatoms. The summed E-state index contributed by atoms with van der Waals surface area (Å²) < 4.78 is 0. The number of hydrogen-bond acceptors (Lipinski definition) is 3. The Labute approximate surface area is 126 Å². The Kier molecular flexibility index (Phi) is 3.97. The van der Waals surface area contributed by atoms with E-state index in [1.54, 1.807) is 11.3 Å². The van der Waals surface area contributed by atoms with Crippen molar-refractivity contribution in [2.24, 2.45) is 0 Å². The zero-order valence-electron chi connectivity index (χ0n) is 10.1. The molecule has 1 aromatic heterocycles. The molecule has 0 atom stereocenters. The summed E-state index contributed by atoms with van der Waals surface area (Å²) in [7, 11) is 1.51. The summed E-state index contributed by atoms with van der Waals surface area (Å²) >= 11 is 6.16. The van der Waals surface area contributed by atoms with Gasteiger partial charge in [0.05, 0.1) is 0 Å². The van der Waals surface area contributed by atoms with Crippen LogP contribution < -0.4 is 0 Å². The van der Waals surface area contributed by atoms with Crippen molar-refractivity contribution in [3.8, 4) is 21.6 Å². The van der Waals surface area contributed by atoms with Gasteiger partial charge in [-0.15, -0.1) is 23.0 Å². The Morgan fingerprint density at radius 3 is 1.95 bits per heavy atom. The first-order valence-corrected chi connectivity index (χ1v) is 8.69. The van der Waals surface area contributed by atoms with Gasteiger partial charge in [-0.2, -0.15) is 0 Å². The molecule has 0 aliphatic carbocycles. The van der Waals surface area contributed by atoms with Crippen molar-refractivity contribution in [3.63, 3.8) is 0 Å². The SMILES string of the molecule is SSc1csc(-c2ccccc2)c1-c1ccccc1. The third kappa shape index (κ3) is 2.59. The minimum absolute atomic E-state index is 1.22. The molecule has 0 saturated heterocycles. The maximum atomic E-state index is 4.38. The summed E-state index contributed by atoms with van der Waals surface area (Å²) in [6, 6.07) is 21.0. The first kappa shape index (κ1) is 12.9. The highest BCUT2D eigenvalue weighted by molar-refractivity contribution is 8.68. The highest BCUT2D eigenvalue weighted by atomic mass is 33.1. The number of thiol groups is 1. The van der Waals surface area contributed by atoms with Gasteiger partial charge in [0.15, 0.2) is 0 Å². The molecule has 0 bridgehead atoms. The zero-order chi connectivity index (χ0) is 13.1. The van der Waals surface area contributed by atoms with Gasteiger partial charge in [0.1, 0.15) is 0 Å². The highest BCUT2D eigenvalue weighted by Gasteiger charge is 2.14. The lowest BCUT2D eigenvalue weighted by Crippen LogP contribution is -1.80. The van der Waals surface area contributed by atoms with Crippen LogP contribution in [0.2, 0.25) is 0 Å². The first-order valence-electron chi connectivity index (χ1n) is 5.94. The average Bonchev–Trinajstić information content (AvgIpc) is 2.93. The summed E-state index contributed by atoms with van der Waals surface area (Å²) in [6.07, 6.45) is 0. The van der Waals surface area contributed by atoms with Crippen molar-refractivity contribution in [3.05, 3.63) is 66.0 Å². The Morgan fingerprint density at radius 1 is 0.789 bits per heavy atom. The van der Waals surface area contributed by atoms with E-state index >= 15 is 0 Å². The molecule has 0 N–H and O–H groups in total. The van der Waals surface area contributed by atoms with Gasteiger partial charge in [0.2, 0.25) is 0 Å². The molecule has 3 aromatic rings. The monoisotopic (exact) mass is 300 g/mol. The molecule has 0 amide bonds. The normalized spacial score (nSPS) is 10.6. The van der Waals surface area contributed by atoms with E-state index in [-0.39, 0.29) is 0 Å². The van der Waals surface area contributed by atoms with Gasteiger partial charge in [0, 0.05) is 20.7 Å². The van der Waals surface area contributed by atoms with Gasteiger partial charge in [-0.3, -0.25) is 0 Å². The molecule has 3 rings (SSSR count). The van der Waals surface area contributed by atoms with Crippen LogP contribution in [0.25, 0.3) is 21.6 Å². The van der Waals surface area contributed by atoms with E-state index in [4.69, 9.17) is 0 Å². The smallest absolute Gasteiger partial charge is 0.0433 e. The predicted molar refractivity (Wildman–Crippen MR) is 90.0 cm³/mol. The van der Waals surface area contributed by atoms with E-state index in [1.807, 2.05) is 12.1 Å². The molecule has 0 unspecified atom stereocenters. The maximum Gasteiger partial charge on any atom is 0.0433 e. The standard InChI is InChI=1S/C16H12S3/c17-19-14-11-18-16(13-9-5-2-6-10-13)15(14)12-7-3-1-4-8-12/h1-11,17H. The third-order valence-electron chi connectivity index (χ3n) is 2.95. The van der Waals surface area contributed by atoms with Gasteiger partial charge in [-0.25, -0.2) is 0 Å². The van der Waals surface area contributed by atoms with Crippen molar-refractivity contribution >= 4 is 33.8 Å². The Balaban J connectivity index is 2.20. The lowest BCUT2D eigenvalue weighted by molar-refractivity contribution is 1.54. The van der Waals surface area contributed by atoms with E-state index in [2.05, 4.69) is 65.6 Å². The molecule has 0 nitrogen and oxygen atoms in total. The van der Waals surface area contributed by atoms with Crippen molar-refractivity contribution in [2.45, 2.75) is 4.90 Å². The number of rotatable bonds is 3. The molecule has 0 saturated carbocycles. The van der Waals surface area contributed by atoms with Gasteiger partial charge in [-0.1, -0.05) is 71.5 Å². The van der Waals surface area contributed by atoms with Crippen LogP contribution in [0, 0.1) is 0 Å². The molecule has 0 aliphatic heterocycles. The lowest BCUT2D eigenvalue weighted by atomic mass is 10.0. The van der Waals surface area contributed by atoms with E-state index < -0.39 is 0 Å². The van der Waals surface area contributed by atoms with Crippen molar-refractivity contribution < 1.29 is 0 Å². The van der Waals surface area contributed by atoms with E-state index in [9.17, 15) is 0 Å². The Morgan fingerprint density at radius 2 is 1.37 bits per heavy atom. The van der Waals surface area contributed by atoms with Crippen LogP contribution in [0.15, 0.2) is 70.9 Å². The van der Waals surface area contributed by atoms with Crippen molar-refractivity contribution in [2.75, 3.05) is 0 Å². The summed E-state index contributed by atoms with van der Waals surface area (Å²) in [5, 5.41) is 2.18. The fourth-order valence-electron chi connectivity index (χ4n) is 2.09. The molecule has 0 spiro atoms. The van der Waals surface area contributed by atoms with Gasteiger partial charge in [0.25, 0.3) is 0 Å². The Hall–Kier alpha value is -1.16. The molecule has 2 aromatic carbocycles. The zero-order valence-corrected chi connectivity index (χ0v) is 12.6. The van der Waals surface area contributed by atoms with Crippen LogP contribution in [0.3, 0.4) is 0 Å².